The number of rotatable bonds is 7. The predicted octanol–water partition coefficient (Wildman–Crippen LogP) is 4.14. The van der Waals surface area contributed by atoms with Gasteiger partial charge < -0.3 is 20.1 Å². The van der Waals surface area contributed by atoms with Crippen LogP contribution in [0.3, 0.4) is 0 Å². The Morgan fingerprint density at radius 2 is 1.75 bits per heavy atom. The summed E-state index contributed by atoms with van der Waals surface area (Å²) in [5, 5.41) is 5.43. The molecule has 0 bridgehead atoms. The number of ether oxygens (including phenoxy) is 2. The van der Waals surface area contributed by atoms with Gasteiger partial charge >= 0.3 is 6.09 Å². The van der Waals surface area contributed by atoms with Gasteiger partial charge in [-0.25, -0.2) is 4.79 Å². The largest absolute Gasteiger partial charge is 0.496 e. The van der Waals surface area contributed by atoms with E-state index in [4.69, 9.17) is 9.47 Å². The molecule has 28 heavy (non-hydrogen) atoms. The maximum atomic E-state index is 12.2. The average Bonchev–Trinajstić information content (AvgIpc) is 2.61. The van der Waals surface area contributed by atoms with Crippen LogP contribution in [0.1, 0.15) is 38.3 Å². The molecule has 0 aliphatic rings. The molecule has 0 saturated heterocycles. The number of amides is 2. The van der Waals surface area contributed by atoms with Crippen LogP contribution < -0.4 is 15.4 Å². The predicted molar refractivity (Wildman–Crippen MR) is 110 cm³/mol. The third-order valence-electron chi connectivity index (χ3n) is 3.82. The minimum Gasteiger partial charge on any atom is -0.496 e. The molecule has 6 nitrogen and oxygen atoms in total. The van der Waals surface area contributed by atoms with Crippen molar-refractivity contribution in [3.8, 4) is 5.75 Å². The number of carbonyl (C=O) groups is 2. The Labute approximate surface area is 166 Å². The summed E-state index contributed by atoms with van der Waals surface area (Å²) in [5.74, 6) is 0.584. The van der Waals surface area contributed by atoms with Crippen molar-refractivity contribution in [3.63, 3.8) is 0 Å². The van der Waals surface area contributed by atoms with Crippen molar-refractivity contribution < 1.29 is 19.1 Å². The summed E-state index contributed by atoms with van der Waals surface area (Å²) in [6.07, 6.45) is 0.322. The third-order valence-corrected chi connectivity index (χ3v) is 3.82. The van der Waals surface area contributed by atoms with Gasteiger partial charge in [-0.3, -0.25) is 4.79 Å². The number of hydrogen-bond acceptors (Lipinski definition) is 4. The van der Waals surface area contributed by atoms with E-state index < -0.39 is 11.7 Å². The van der Waals surface area contributed by atoms with E-state index in [-0.39, 0.29) is 18.9 Å². The maximum absolute atomic E-state index is 12.2. The van der Waals surface area contributed by atoms with Crippen molar-refractivity contribution in [3.05, 3.63) is 59.7 Å². The molecule has 2 amide bonds. The van der Waals surface area contributed by atoms with E-state index in [1.807, 2.05) is 42.5 Å². The molecule has 0 aromatic heterocycles. The van der Waals surface area contributed by atoms with Crippen LogP contribution in [-0.2, 0) is 16.0 Å². The second-order valence-corrected chi connectivity index (χ2v) is 7.42. The summed E-state index contributed by atoms with van der Waals surface area (Å²) in [7, 11) is 1.63. The first-order valence-electron chi connectivity index (χ1n) is 9.24. The highest BCUT2D eigenvalue weighted by Gasteiger charge is 2.16. The summed E-state index contributed by atoms with van der Waals surface area (Å²) in [6, 6.07) is 15.6. The molecule has 2 aromatic carbocycles. The summed E-state index contributed by atoms with van der Waals surface area (Å²) in [5.41, 5.74) is 2.27. The number of alkyl carbamates (subject to hydrolysis) is 1. The van der Waals surface area contributed by atoms with E-state index in [9.17, 15) is 9.59 Å². The number of carbonyl (C=O) groups excluding carboxylic acids is 2. The second kappa shape index (κ2) is 9.78. The summed E-state index contributed by atoms with van der Waals surface area (Å²) in [4.78, 5) is 23.8. The zero-order valence-electron chi connectivity index (χ0n) is 16.9. The maximum Gasteiger partial charge on any atom is 0.407 e. The van der Waals surface area contributed by atoms with Crippen molar-refractivity contribution >= 4 is 17.7 Å². The Hall–Kier alpha value is -3.02. The number of hydrogen-bond donors (Lipinski definition) is 2. The van der Waals surface area contributed by atoms with Crippen molar-refractivity contribution in [1.29, 1.82) is 0 Å². The van der Waals surface area contributed by atoms with Gasteiger partial charge in [0.1, 0.15) is 11.4 Å². The average molecular weight is 384 g/mol. The lowest BCUT2D eigenvalue weighted by molar-refractivity contribution is -0.116. The zero-order valence-corrected chi connectivity index (χ0v) is 16.9. The van der Waals surface area contributed by atoms with Crippen molar-refractivity contribution in [1.82, 2.24) is 5.32 Å². The SMILES string of the molecule is COc1ccc(NC(=O)CCNC(=O)OC(C)(C)C)cc1Cc1ccccc1. The summed E-state index contributed by atoms with van der Waals surface area (Å²) in [6.45, 7) is 5.57. The summed E-state index contributed by atoms with van der Waals surface area (Å²) < 4.78 is 10.6. The molecule has 0 aliphatic carbocycles. The first-order valence-corrected chi connectivity index (χ1v) is 9.24. The van der Waals surface area contributed by atoms with E-state index in [0.29, 0.717) is 12.1 Å². The summed E-state index contributed by atoms with van der Waals surface area (Å²) >= 11 is 0. The van der Waals surface area contributed by atoms with Crippen LogP contribution in [0.2, 0.25) is 0 Å². The molecular weight excluding hydrogens is 356 g/mol. The van der Waals surface area contributed by atoms with Crippen LogP contribution in [0.5, 0.6) is 5.75 Å². The van der Waals surface area contributed by atoms with E-state index in [0.717, 1.165) is 16.9 Å². The molecule has 6 heteroatoms. The lowest BCUT2D eigenvalue weighted by atomic mass is 10.0. The molecule has 2 aromatic rings. The Kier molecular flexibility index (Phi) is 7.44. The Bertz CT molecular complexity index is 798. The monoisotopic (exact) mass is 384 g/mol. The Morgan fingerprint density at radius 3 is 2.39 bits per heavy atom. The van der Waals surface area contributed by atoms with Crippen LogP contribution in [0.4, 0.5) is 10.5 Å². The fourth-order valence-electron chi connectivity index (χ4n) is 2.63. The van der Waals surface area contributed by atoms with Gasteiger partial charge in [0.25, 0.3) is 0 Å². The Balaban J connectivity index is 1.91. The molecule has 0 aliphatic heterocycles. The fraction of sp³-hybridized carbons (Fsp3) is 0.364. The lowest BCUT2D eigenvalue weighted by Gasteiger charge is -2.19. The number of benzene rings is 2. The third kappa shape index (κ3) is 7.31. The van der Waals surface area contributed by atoms with Crippen molar-refractivity contribution in [2.75, 3.05) is 19.0 Å². The van der Waals surface area contributed by atoms with E-state index in [2.05, 4.69) is 10.6 Å². The molecule has 150 valence electrons. The van der Waals surface area contributed by atoms with E-state index >= 15 is 0 Å². The van der Waals surface area contributed by atoms with Crippen molar-refractivity contribution in [2.24, 2.45) is 0 Å². The van der Waals surface area contributed by atoms with Gasteiger partial charge in [0.05, 0.1) is 7.11 Å². The zero-order chi connectivity index (χ0) is 20.6. The fourth-order valence-corrected chi connectivity index (χ4v) is 2.63. The second-order valence-electron chi connectivity index (χ2n) is 7.42. The minimum atomic E-state index is -0.565. The minimum absolute atomic E-state index is 0.152. The quantitative estimate of drug-likeness (QED) is 0.752. The van der Waals surface area contributed by atoms with Crippen LogP contribution in [0, 0.1) is 0 Å². The van der Waals surface area contributed by atoms with Crippen LogP contribution in [0.25, 0.3) is 0 Å². The van der Waals surface area contributed by atoms with Gasteiger partial charge in [-0.15, -0.1) is 0 Å². The molecule has 0 fully saturated rings. The van der Waals surface area contributed by atoms with Gasteiger partial charge in [0, 0.05) is 30.6 Å². The standard InChI is InChI=1S/C22H28N2O4/c1-22(2,3)28-21(26)23-13-12-20(25)24-18-10-11-19(27-4)17(15-18)14-16-8-6-5-7-9-16/h5-11,15H,12-14H2,1-4H3,(H,23,26)(H,24,25). The molecule has 0 spiro atoms. The van der Waals surface area contributed by atoms with Crippen molar-refractivity contribution in [2.45, 2.75) is 39.2 Å². The highest BCUT2D eigenvalue weighted by Crippen LogP contribution is 2.25. The van der Waals surface area contributed by atoms with E-state index in [1.165, 1.54) is 0 Å². The Morgan fingerprint density at radius 1 is 1.04 bits per heavy atom. The lowest BCUT2D eigenvalue weighted by Crippen LogP contribution is -2.34. The van der Waals surface area contributed by atoms with E-state index in [1.54, 1.807) is 33.9 Å². The van der Waals surface area contributed by atoms with Gasteiger partial charge in [-0.2, -0.15) is 0 Å². The van der Waals surface area contributed by atoms with Gasteiger partial charge in [0.15, 0.2) is 0 Å². The number of methoxy groups -OCH3 is 1. The first-order chi connectivity index (χ1) is 13.3. The molecule has 2 N–H and O–H groups in total. The highest BCUT2D eigenvalue weighted by molar-refractivity contribution is 5.91. The van der Waals surface area contributed by atoms with Crippen LogP contribution in [-0.4, -0.2) is 31.3 Å². The van der Waals surface area contributed by atoms with Crippen LogP contribution >= 0.6 is 0 Å². The number of nitrogens with one attached hydrogen (secondary N) is 2. The molecule has 2 rings (SSSR count). The molecule has 0 heterocycles. The van der Waals surface area contributed by atoms with Crippen LogP contribution in [0.15, 0.2) is 48.5 Å². The van der Waals surface area contributed by atoms with Gasteiger partial charge in [0.2, 0.25) is 5.91 Å². The molecule has 0 saturated carbocycles. The smallest absolute Gasteiger partial charge is 0.407 e. The number of anilines is 1. The normalized spacial score (nSPS) is 10.9. The highest BCUT2D eigenvalue weighted by atomic mass is 16.6. The topological polar surface area (TPSA) is 76.7 Å². The molecule has 0 radical (unpaired) electrons. The molecule has 0 unspecified atom stereocenters. The van der Waals surface area contributed by atoms with Gasteiger partial charge in [-0.05, 0) is 44.5 Å². The first kappa shape index (κ1) is 21.3. The molecular formula is C22H28N2O4. The van der Waals surface area contributed by atoms with Gasteiger partial charge in [-0.1, -0.05) is 30.3 Å². The molecule has 0 atom stereocenters.